The van der Waals surface area contributed by atoms with E-state index in [1.165, 1.54) is 6.07 Å². The van der Waals surface area contributed by atoms with Crippen LogP contribution in [0.4, 0.5) is 4.39 Å². The summed E-state index contributed by atoms with van der Waals surface area (Å²) in [6, 6.07) is 3.50. The third-order valence-electron chi connectivity index (χ3n) is 2.91. The van der Waals surface area contributed by atoms with Crippen molar-refractivity contribution in [3.8, 4) is 0 Å². The first-order chi connectivity index (χ1) is 7.63. The van der Waals surface area contributed by atoms with E-state index in [4.69, 9.17) is 11.6 Å². The van der Waals surface area contributed by atoms with Crippen LogP contribution in [0.15, 0.2) is 12.1 Å². The van der Waals surface area contributed by atoms with Crippen LogP contribution in [0.5, 0.6) is 0 Å². The molecule has 0 fully saturated rings. The fourth-order valence-electron chi connectivity index (χ4n) is 2.11. The van der Waals surface area contributed by atoms with Gasteiger partial charge in [0.2, 0.25) is 0 Å². The number of hydrogen-bond donors (Lipinski definition) is 1. The number of nitrogens with one attached hydrogen (secondary N) is 1. The van der Waals surface area contributed by atoms with Crippen LogP contribution < -0.4 is 5.32 Å². The van der Waals surface area contributed by atoms with Crippen LogP contribution in [-0.4, -0.2) is 11.8 Å². The molecule has 88 valence electrons. The van der Waals surface area contributed by atoms with Crippen LogP contribution in [0.2, 0.25) is 5.02 Å². The minimum absolute atomic E-state index is 0.176. The summed E-state index contributed by atoms with van der Waals surface area (Å²) in [5.74, 6) is 0.561. The number of thioether (sulfide) groups is 1. The van der Waals surface area contributed by atoms with Crippen LogP contribution >= 0.6 is 23.4 Å². The molecule has 0 saturated heterocycles. The van der Waals surface area contributed by atoms with Gasteiger partial charge in [0.15, 0.2) is 0 Å². The Morgan fingerprint density at radius 1 is 1.56 bits per heavy atom. The van der Waals surface area contributed by atoms with E-state index in [2.05, 4.69) is 19.2 Å². The summed E-state index contributed by atoms with van der Waals surface area (Å²) >= 11 is 7.70. The molecule has 2 rings (SSSR count). The van der Waals surface area contributed by atoms with Crippen molar-refractivity contribution in [2.24, 2.45) is 0 Å². The van der Waals surface area contributed by atoms with Gasteiger partial charge in [-0.2, -0.15) is 11.8 Å². The summed E-state index contributed by atoms with van der Waals surface area (Å²) < 4.78 is 13.7. The smallest absolute Gasteiger partial charge is 0.129 e. The molecule has 0 bridgehead atoms. The molecule has 1 aromatic carbocycles. The average Bonchev–Trinajstić information content (AvgIpc) is 2.22. The zero-order valence-electron chi connectivity index (χ0n) is 9.39. The van der Waals surface area contributed by atoms with Crippen LogP contribution in [0, 0.1) is 5.82 Å². The van der Waals surface area contributed by atoms with E-state index in [9.17, 15) is 4.39 Å². The molecule has 0 aromatic heterocycles. The molecule has 2 unspecified atom stereocenters. The second-order valence-electron chi connectivity index (χ2n) is 4.01. The first-order valence-corrected chi connectivity index (χ1v) is 6.89. The van der Waals surface area contributed by atoms with Gasteiger partial charge in [0.05, 0.1) is 0 Å². The summed E-state index contributed by atoms with van der Waals surface area (Å²) in [5, 5.41) is 4.33. The Kier molecular flexibility index (Phi) is 3.77. The van der Waals surface area contributed by atoms with Gasteiger partial charge in [-0.15, -0.1) is 0 Å². The van der Waals surface area contributed by atoms with E-state index in [-0.39, 0.29) is 11.9 Å². The lowest BCUT2D eigenvalue weighted by atomic mass is 9.98. The lowest BCUT2D eigenvalue weighted by Crippen LogP contribution is -2.32. The van der Waals surface area contributed by atoms with Gasteiger partial charge in [-0.05, 0) is 24.2 Å². The maximum Gasteiger partial charge on any atom is 0.129 e. The van der Waals surface area contributed by atoms with Crippen molar-refractivity contribution < 1.29 is 4.39 Å². The molecule has 1 heterocycles. The lowest BCUT2D eigenvalue weighted by Gasteiger charge is -2.32. The van der Waals surface area contributed by atoms with Crippen molar-refractivity contribution >= 4 is 23.4 Å². The Hall–Kier alpha value is -0.250. The molecule has 4 heteroatoms. The molecular weight excluding hydrogens is 245 g/mol. The molecule has 1 nitrogen and oxygen atoms in total. The Morgan fingerprint density at radius 3 is 3.00 bits per heavy atom. The molecule has 0 saturated carbocycles. The van der Waals surface area contributed by atoms with Crippen LogP contribution in [0.1, 0.15) is 31.0 Å². The van der Waals surface area contributed by atoms with E-state index in [1.54, 1.807) is 11.8 Å². The summed E-state index contributed by atoms with van der Waals surface area (Å²) in [6.07, 6.45) is 0. The number of fused-ring (bicyclic) bond motifs is 1. The number of rotatable bonds is 2. The second-order valence-corrected chi connectivity index (χ2v) is 5.81. The van der Waals surface area contributed by atoms with Gasteiger partial charge in [-0.3, -0.25) is 0 Å². The van der Waals surface area contributed by atoms with Crippen LogP contribution in [-0.2, 0) is 5.75 Å². The Morgan fingerprint density at radius 2 is 2.31 bits per heavy atom. The first-order valence-electron chi connectivity index (χ1n) is 5.46. The zero-order chi connectivity index (χ0) is 11.7. The zero-order valence-corrected chi connectivity index (χ0v) is 11.0. The highest BCUT2D eigenvalue weighted by Gasteiger charge is 2.28. The van der Waals surface area contributed by atoms with Crippen molar-refractivity contribution in [3.63, 3.8) is 0 Å². The van der Waals surface area contributed by atoms with Gasteiger partial charge >= 0.3 is 0 Å². The van der Waals surface area contributed by atoms with E-state index >= 15 is 0 Å². The molecule has 1 aliphatic rings. The summed E-state index contributed by atoms with van der Waals surface area (Å²) in [4.78, 5) is 0. The quantitative estimate of drug-likeness (QED) is 0.868. The van der Waals surface area contributed by atoms with Gasteiger partial charge in [0.25, 0.3) is 0 Å². The van der Waals surface area contributed by atoms with Gasteiger partial charge in [-0.25, -0.2) is 4.39 Å². The normalized spacial score (nSPS) is 24.2. The summed E-state index contributed by atoms with van der Waals surface area (Å²) in [6.45, 7) is 5.11. The molecule has 1 aromatic rings. The lowest BCUT2D eigenvalue weighted by molar-refractivity contribution is 0.528. The third-order valence-corrected chi connectivity index (χ3v) is 4.39. The molecule has 0 amide bonds. The van der Waals surface area contributed by atoms with Crippen molar-refractivity contribution in [3.05, 3.63) is 34.1 Å². The second kappa shape index (κ2) is 4.94. The molecule has 0 radical (unpaired) electrons. The maximum absolute atomic E-state index is 13.7. The SMILES string of the molecule is CCNC1c2cc(Cl)cc(F)c2CSC1C. The Balaban J connectivity index is 2.45. The van der Waals surface area contributed by atoms with Gasteiger partial charge in [-0.1, -0.05) is 25.4 Å². The highest BCUT2D eigenvalue weighted by molar-refractivity contribution is 7.99. The van der Waals surface area contributed by atoms with Crippen molar-refractivity contribution in [2.75, 3.05) is 6.54 Å². The average molecular weight is 260 g/mol. The monoisotopic (exact) mass is 259 g/mol. The highest BCUT2D eigenvalue weighted by Crippen LogP contribution is 2.39. The van der Waals surface area contributed by atoms with Gasteiger partial charge in [0.1, 0.15) is 5.82 Å². The van der Waals surface area contributed by atoms with Crippen molar-refractivity contribution in [1.82, 2.24) is 5.32 Å². The maximum atomic E-state index is 13.7. The van der Waals surface area contributed by atoms with Crippen LogP contribution in [0.3, 0.4) is 0 Å². The van der Waals surface area contributed by atoms with Crippen LogP contribution in [0.25, 0.3) is 0 Å². The topological polar surface area (TPSA) is 12.0 Å². The fraction of sp³-hybridized carbons (Fsp3) is 0.500. The third kappa shape index (κ3) is 2.22. The Bertz CT molecular complexity index is 397. The molecule has 0 spiro atoms. The molecule has 1 aliphatic heterocycles. The van der Waals surface area contributed by atoms with E-state index < -0.39 is 0 Å². The number of hydrogen-bond acceptors (Lipinski definition) is 2. The van der Waals surface area contributed by atoms with Gasteiger partial charge in [0, 0.05) is 27.6 Å². The predicted octanol–water partition coefficient (Wildman–Crippen LogP) is 3.77. The van der Waals surface area contributed by atoms with E-state index in [0.29, 0.717) is 10.3 Å². The minimum atomic E-state index is -0.176. The van der Waals surface area contributed by atoms with Crippen molar-refractivity contribution in [1.29, 1.82) is 0 Å². The fourth-order valence-corrected chi connectivity index (χ4v) is 3.50. The van der Waals surface area contributed by atoms with Crippen molar-refractivity contribution in [2.45, 2.75) is 30.9 Å². The molecule has 1 N–H and O–H groups in total. The first kappa shape index (κ1) is 12.2. The number of halogens is 2. The van der Waals surface area contributed by atoms with Gasteiger partial charge < -0.3 is 5.32 Å². The Labute approximate surface area is 105 Å². The number of benzene rings is 1. The molecule has 16 heavy (non-hydrogen) atoms. The highest BCUT2D eigenvalue weighted by atomic mass is 35.5. The standard InChI is InChI=1S/C12H15ClFNS/c1-3-15-12-7(2)16-6-10-9(12)4-8(13)5-11(10)14/h4-5,7,12,15H,3,6H2,1-2H3. The van der Waals surface area contributed by atoms with E-state index in [0.717, 1.165) is 23.4 Å². The molecule has 2 atom stereocenters. The molecule has 0 aliphatic carbocycles. The largest absolute Gasteiger partial charge is 0.309 e. The summed E-state index contributed by atoms with van der Waals surface area (Å²) in [5.41, 5.74) is 1.83. The van der Waals surface area contributed by atoms with E-state index in [1.807, 2.05) is 6.07 Å². The predicted molar refractivity (Wildman–Crippen MR) is 68.6 cm³/mol. The summed E-state index contributed by atoms with van der Waals surface area (Å²) in [7, 11) is 0. The minimum Gasteiger partial charge on any atom is -0.309 e. The molecular formula is C12H15ClFNS.